The van der Waals surface area contributed by atoms with Crippen LogP contribution in [0.3, 0.4) is 0 Å². The normalized spacial score (nSPS) is 15.3. The predicted molar refractivity (Wildman–Crippen MR) is 105 cm³/mol. The minimum Gasteiger partial charge on any atom is -0.492 e. The van der Waals surface area contributed by atoms with Gasteiger partial charge in [0.05, 0.1) is 0 Å². The molecule has 26 heavy (non-hydrogen) atoms. The predicted octanol–water partition coefficient (Wildman–Crippen LogP) is 3.61. The number of benzene rings is 2. The molecule has 2 aromatic carbocycles. The number of carbonyl (C=O) groups excluding carboxylic acids is 1. The average Bonchev–Trinajstić information content (AvgIpc) is 2.69. The van der Waals surface area contributed by atoms with Crippen LogP contribution >= 0.6 is 0 Å². The fourth-order valence-corrected chi connectivity index (χ4v) is 3.47. The number of ether oxygens (including phenoxy) is 1. The van der Waals surface area contributed by atoms with Gasteiger partial charge in [-0.2, -0.15) is 0 Å². The number of para-hydroxylation sites is 1. The molecule has 1 heterocycles. The van der Waals surface area contributed by atoms with Crippen molar-refractivity contribution >= 4 is 5.91 Å². The minimum atomic E-state index is 0.148. The van der Waals surface area contributed by atoms with E-state index in [1.54, 1.807) is 0 Å². The third kappa shape index (κ3) is 4.64. The van der Waals surface area contributed by atoms with Gasteiger partial charge in [0.25, 0.3) is 5.91 Å². The van der Waals surface area contributed by atoms with Gasteiger partial charge in [-0.15, -0.1) is 0 Å². The van der Waals surface area contributed by atoms with Crippen LogP contribution in [0.25, 0.3) is 0 Å². The molecular formula is C22H28N2O2. The molecule has 0 atom stereocenters. The zero-order valence-electron chi connectivity index (χ0n) is 15.7. The lowest BCUT2D eigenvalue weighted by atomic mass is 10.0. The fraction of sp³-hybridized carbons (Fsp3) is 0.409. The molecule has 0 saturated carbocycles. The highest BCUT2D eigenvalue weighted by Crippen LogP contribution is 2.19. The molecule has 4 nitrogen and oxygen atoms in total. The number of hydrogen-bond donors (Lipinski definition) is 0. The summed E-state index contributed by atoms with van der Waals surface area (Å²) in [7, 11) is 2.15. The third-order valence-corrected chi connectivity index (χ3v) is 5.19. The summed E-state index contributed by atoms with van der Waals surface area (Å²) in [6.45, 7) is 5.29. The number of likely N-dealkylation sites (tertiary alicyclic amines) is 1. The highest BCUT2D eigenvalue weighted by atomic mass is 16.5. The molecule has 4 heteroatoms. The molecule has 1 amide bonds. The summed E-state index contributed by atoms with van der Waals surface area (Å²) in [6, 6.07) is 18.2. The zero-order chi connectivity index (χ0) is 18.4. The van der Waals surface area contributed by atoms with Crippen LogP contribution in [0.1, 0.15) is 28.8 Å². The first-order valence-corrected chi connectivity index (χ1v) is 9.38. The van der Waals surface area contributed by atoms with Crippen LogP contribution in [0.4, 0.5) is 0 Å². The van der Waals surface area contributed by atoms with Crippen molar-refractivity contribution < 1.29 is 9.53 Å². The Kier molecular flexibility index (Phi) is 6.29. The highest BCUT2D eigenvalue weighted by Gasteiger charge is 2.25. The van der Waals surface area contributed by atoms with Crippen LogP contribution in [0, 0.1) is 6.92 Å². The van der Waals surface area contributed by atoms with E-state index in [9.17, 15) is 4.79 Å². The van der Waals surface area contributed by atoms with Gasteiger partial charge in [0.1, 0.15) is 12.4 Å². The molecule has 1 fully saturated rings. The number of hydrogen-bond acceptors (Lipinski definition) is 3. The zero-order valence-corrected chi connectivity index (χ0v) is 15.7. The number of likely N-dealkylation sites (N-methyl/N-ethyl adjacent to an activating group) is 1. The Morgan fingerprint density at radius 1 is 1.08 bits per heavy atom. The Bertz CT molecular complexity index is 709. The Labute approximate surface area is 156 Å². The van der Waals surface area contributed by atoms with Crippen molar-refractivity contribution in [3.8, 4) is 5.75 Å². The number of carbonyl (C=O) groups is 1. The van der Waals surface area contributed by atoms with Crippen molar-refractivity contribution in [3.05, 3.63) is 65.7 Å². The Hall–Kier alpha value is -2.33. The average molecular weight is 352 g/mol. The first kappa shape index (κ1) is 18.5. The van der Waals surface area contributed by atoms with Gasteiger partial charge >= 0.3 is 0 Å². The van der Waals surface area contributed by atoms with Crippen LogP contribution in [-0.2, 0) is 0 Å². The fourth-order valence-electron chi connectivity index (χ4n) is 3.47. The summed E-state index contributed by atoms with van der Waals surface area (Å²) in [5, 5.41) is 0. The van der Waals surface area contributed by atoms with Crippen LogP contribution < -0.4 is 4.74 Å². The summed E-state index contributed by atoms with van der Waals surface area (Å²) in [5.41, 5.74) is 1.95. The molecule has 0 N–H and O–H groups in total. The van der Waals surface area contributed by atoms with Gasteiger partial charge in [0.15, 0.2) is 0 Å². The highest BCUT2D eigenvalue weighted by molar-refractivity contribution is 5.94. The van der Waals surface area contributed by atoms with Gasteiger partial charge in [0.2, 0.25) is 0 Å². The van der Waals surface area contributed by atoms with Gasteiger partial charge in [-0.3, -0.25) is 9.69 Å². The second-order valence-electron chi connectivity index (χ2n) is 6.98. The van der Waals surface area contributed by atoms with Gasteiger partial charge in [-0.25, -0.2) is 0 Å². The van der Waals surface area contributed by atoms with E-state index < -0.39 is 0 Å². The van der Waals surface area contributed by atoms with Crippen LogP contribution in [0.5, 0.6) is 5.75 Å². The summed E-state index contributed by atoms with van der Waals surface area (Å²) >= 11 is 0. The maximum Gasteiger partial charge on any atom is 0.253 e. The van der Waals surface area contributed by atoms with Gasteiger partial charge in [-0.1, -0.05) is 36.4 Å². The second-order valence-corrected chi connectivity index (χ2v) is 6.98. The minimum absolute atomic E-state index is 0.148. The second kappa shape index (κ2) is 8.86. The topological polar surface area (TPSA) is 32.8 Å². The SMILES string of the molecule is Cc1ccccc1OCCN(C)C1CCN(C(=O)c2ccccc2)CC1. The van der Waals surface area contributed by atoms with E-state index in [0.717, 1.165) is 43.8 Å². The Morgan fingerprint density at radius 3 is 2.42 bits per heavy atom. The molecule has 1 aliphatic heterocycles. The van der Waals surface area contributed by atoms with Crippen molar-refractivity contribution in [1.29, 1.82) is 0 Å². The summed E-state index contributed by atoms with van der Waals surface area (Å²) in [6.07, 6.45) is 2.03. The van der Waals surface area contributed by atoms with Crippen molar-refractivity contribution in [2.24, 2.45) is 0 Å². The van der Waals surface area contributed by atoms with E-state index in [0.29, 0.717) is 12.6 Å². The molecule has 0 unspecified atom stereocenters. The van der Waals surface area contributed by atoms with Crippen molar-refractivity contribution in [2.45, 2.75) is 25.8 Å². The van der Waals surface area contributed by atoms with E-state index in [1.165, 1.54) is 5.56 Å². The monoisotopic (exact) mass is 352 g/mol. The van der Waals surface area contributed by atoms with E-state index in [4.69, 9.17) is 4.74 Å². The van der Waals surface area contributed by atoms with Crippen molar-refractivity contribution in [2.75, 3.05) is 33.3 Å². The van der Waals surface area contributed by atoms with Gasteiger partial charge in [0, 0.05) is 31.2 Å². The molecule has 1 saturated heterocycles. The largest absolute Gasteiger partial charge is 0.492 e. The molecule has 3 rings (SSSR count). The lowest BCUT2D eigenvalue weighted by molar-refractivity contribution is 0.0633. The first-order chi connectivity index (χ1) is 12.6. The molecular weight excluding hydrogens is 324 g/mol. The molecule has 0 bridgehead atoms. The van der Waals surface area contributed by atoms with Crippen LogP contribution in [-0.4, -0.2) is 55.0 Å². The number of amides is 1. The van der Waals surface area contributed by atoms with E-state index in [1.807, 2.05) is 53.4 Å². The molecule has 1 aliphatic rings. The molecule has 0 spiro atoms. The quantitative estimate of drug-likeness (QED) is 0.796. The van der Waals surface area contributed by atoms with Crippen LogP contribution in [0.15, 0.2) is 54.6 Å². The molecule has 0 aliphatic carbocycles. The summed E-state index contributed by atoms with van der Waals surface area (Å²) in [4.78, 5) is 16.9. The van der Waals surface area contributed by atoms with E-state index in [-0.39, 0.29) is 5.91 Å². The lowest BCUT2D eigenvalue weighted by Gasteiger charge is -2.36. The lowest BCUT2D eigenvalue weighted by Crippen LogP contribution is -2.46. The third-order valence-electron chi connectivity index (χ3n) is 5.19. The Balaban J connectivity index is 1.43. The number of rotatable bonds is 6. The molecule has 0 aromatic heterocycles. The number of piperidine rings is 1. The standard InChI is InChI=1S/C22H28N2O2/c1-18-8-6-7-11-21(18)26-17-16-23(2)20-12-14-24(15-13-20)22(25)19-9-4-3-5-10-19/h3-11,20H,12-17H2,1-2H3. The van der Waals surface area contributed by atoms with E-state index in [2.05, 4.69) is 24.9 Å². The van der Waals surface area contributed by atoms with Gasteiger partial charge < -0.3 is 9.64 Å². The molecule has 138 valence electrons. The Morgan fingerprint density at radius 2 is 1.73 bits per heavy atom. The van der Waals surface area contributed by atoms with Gasteiger partial charge in [-0.05, 0) is 50.6 Å². The summed E-state index contributed by atoms with van der Waals surface area (Å²) in [5.74, 6) is 1.11. The maximum atomic E-state index is 12.5. The van der Waals surface area contributed by atoms with Crippen molar-refractivity contribution in [3.63, 3.8) is 0 Å². The summed E-state index contributed by atoms with van der Waals surface area (Å²) < 4.78 is 5.91. The van der Waals surface area contributed by atoms with E-state index >= 15 is 0 Å². The molecule has 0 radical (unpaired) electrons. The van der Waals surface area contributed by atoms with Crippen molar-refractivity contribution in [1.82, 2.24) is 9.80 Å². The molecule has 2 aromatic rings. The maximum absolute atomic E-state index is 12.5. The first-order valence-electron chi connectivity index (χ1n) is 9.38. The van der Waals surface area contributed by atoms with Crippen LogP contribution in [0.2, 0.25) is 0 Å². The smallest absolute Gasteiger partial charge is 0.253 e. The number of nitrogens with zero attached hydrogens (tertiary/aromatic N) is 2. The number of aryl methyl sites for hydroxylation is 1.